The Morgan fingerprint density at radius 3 is 2.95 bits per heavy atom. The first kappa shape index (κ1) is 15.0. The molecule has 2 rings (SSSR count). The summed E-state index contributed by atoms with van der Waals surface area (Å²) < 4.78 is 0. The first-order chi connectivity index (χ1) is 9.19. The standard InChI is InChI=1S/C15H27N3S/c1-12(2)9-17-14-8-13(15-4-3-7-19-15)10-18(11-14)6-5-16/h3-4,7,12-14,17H,5-6,8-11,16H2,1-2H3. The Labute approximate surface area is 121 Å². The lowest BCUT2D eigenvalue weighted by Crippen LogP contribution is -2.50. The molecule has 108 valence electrons. The molecule has 2 unspecified atom stereocenters. The Kier molecular flexibility index (Phi) is 5.82. The van der Waals surface area contributed by atoms with Crippen molar-refractivity contribution in [1.29, 1.82) is 0 Å². The molecule has 0 radical (unpaired) electrons. The van der Waals surface area contributed by atoms with Crippen LogP contribution in [-0.2, 0) is 0 Å². The van der Waals surface area contributed by atoms with Gasteiger partial charge in [-0.3, -0.25) is 4.90 Å². The zero-order chi connectivity index (χ0) is 13.7. The van der Waals surface area contributed by atoms with Crippen LogP contribution in [0.2, 0.25) is 0 Å². The number of piperidine rings is 1. The van der Waals surface area contributed by atoms with Crippen LogP contribution in [-0.4, -0.2) is 43.7 Å². The molecule has 0 amide bonds. The molecule has 4 heteroatoms. The maximum atomic E-state index is 5.73. The Bertz CT molecular complexity index is 350. The van der Waals surface area contributed by atoms with Gasteiger partial charge in [-0.15, -0.1) is 11.3 Å². The monoisotopic (exact) mass is 281 g/mol. The number of rotatable bonds is 6. The van der Waals surface area contributed by atoms with E-state index in [-0.39, 0.29) is 0 Å². The summed E-state index contributed by atoms with van der Waals surface area (Å²) >= 11 is 1.89. The van der Waals surface area contributed by atoms with Crippen LogP contribution in [0.3, 0.4) is 0 Å². The van der Waals surface area contributed by atoms with Crippen LogP contribution < -0.4 is 11.1 Å². The van der Waals surface area contributed by atoms with Crippen molar-refractivity contribution in [1.82, 2.24) is 10.2 Å². The van der Waals surface area contributed by atoms with E-state index in [1.54, 1.807) is 0 Å². The van der Waals surface area contributed by atoms with Gasteiger partial charge in [0, 0.05) is 43.0 Å². The lowest BCUT2D eigenvalue weighted by Gasteiger charge is -2.38. The van der Waals surface area contributed by atoms with Gasteiger partial charge in [0.05, 0.1) is 0 Å². The summed E-state index contributed by atoms with van der Waals surface area (Å²) in [6, 6.07) is 5.05. The van der Waals surface area contributed by atoms with E-state index in [2.05, 4.69) is 41.6 Å². The van der Waals surface area contributed by atoms with Crippen LogP contribution in [0.1, 0.15) is 31.1 Å². The van der Waals surface area contributed by atoms with Crippen molar-refractivity contribution in [2.75, 3.05) is 32.7 Å². The SMILES string of the molecule is CC(C)CNC1CC(c2cccs2)CN(CCN)C1. The molecule has 1 saturated heterocycles. The van der Waals surface area contributed by atoms with Gasteiger partial charge >= 0.3 is 0 Å². The number of nitrogens with one attached hydrogen (secondary N) is 1. The van der Waals surface area contributed by atoms with Crippen molar-refractivity contribution in [3.8, 4) is 0 Å². The van der Waals surface area contributed by atoms with Crippen molar-refractivity contribution in [2.24, 2.45) is 11.7 Å². The zero-order valence-corrected chi connectivity index (χ0v) is 13.0. The van der Waals surface area contributed by atoms with Gasteiger partial charge in [0.15, 0.2) is 0 Å². The van der Waals surface area contributed by atoms with Gasteiger partial charge in [0.2, 0.25) is 0 Å². The molecule has 1 aromatic heterocycles. The summed E-state index contributed by atoms with van der Waals surface area (Å²) in [7, 11) is 0. The largest absolute Gasteiger partial charge is 0.329 e. The maximum absolute atomic E-state index is 5.73. The third-order valence-corrected chi connectivity index (χ3v) is 4.77. The van der Waals surface area contributed by atoms with Crippen molar-refractivity contribution in [2.45, 2.75) is 32.2 Å². The van der Waals surface area contributed by atoms with E-state index in [9.17, 15) is 0 Å². The second-order valence-electron chi connectivity index (χ2n) is 6.00. The van der Waals surface area contributed by atoms with Crippen LogP contribution in [0, 0.1) is 5.92 Å². The van der Waals surface area contributed by atoms with Gasteiger partial charge in [0.25, 0.3) is 0 Å². The average molecular weight is 281 g/mol. The van der Waals surface area contributed by atoms with Gasteiger partial charge in [-0.1, -0.05) is 19.9 Å². The van der Waals surface area contributed by atoms with Crippen LogP contribution in [0.5, 0.6) is 0 Å². The summed E-state index contributed by atoms with van der Waals surface area (Å²) in [6.45, 7) is 9.73. The molecule has 2 atom stereocenters. The Balaban J connectivity index is 1.96. The summed E-state index contributed by atoms with van der Waals surface area (Å²) in [6.07, 6.45) is 1.26. The van der Waals surface area contributed by atoms with Gasteiger partial charge in [-0.2, -0.15) is 0 Å². The molecular formula is C15H27N3S. The molecule has 0 aromatic carbocycles. The van der Waals surface area contributed by atoms with Crippen molar-refractivity contribution in [3.05, 3.63) is 22.4 Å². The minimum absolute atomic E-state index is 0.606. The second-order valence-corrected chi connectivity index (χ2v) is 6.97. The molecule has 1 fully saturated rings. The van der Waals surface area contributed by atoms with Gasteiger partial charge < -0.3 is 11.1 Å². The van der Waals surface area contributed by atoms with Crippen LogP contribution in [0.25, 0.3) is 0 Å². The fourth-order valence-corrected chi connectivity index (χ4v) is 3.67. The Morgan fingerprint density at radius 2 is 2.32 bits per heavy atom. The molecule has 1 aromatic rings. The number of thiophene rings is 1. The third kappa shape index (κ3) is 4.56. The highest BCUT2D eigenvalue weighted by atomic mass is 32.1. The highest BCUT2D eigenvalue weighted by molar-refractivity contribution is 7.10. The van der Waals surface area contributed by atoms with Gasteiger partial charge in [0.1, 0.15) is 0 Å². The average Bonchev–Trinajstić information content (AvgIpc) is 2.90. The predicted molar refractivity (Wildman–Crippen MR) is 83.8 cm³/mol. The Hall–Kier alpha value is -0.420. The van der Waals surface area contributed by atoms with Crippen LogP contribution >= 0.6 is 11.3 Å². The zero-order valence-electron chi connectivity index (χ0n) is 12.1. The summed E-state index contributed by atoms with van der Waals surface area (Å²) in [4.78, 5) is 4.05. The predicted octanol–water partition coefficient (Wildman–Crippen LogP) is 2.11. The minimum Gasteiger partial charge on any atom is -0.329 e. The second kappa shape index (κ2) is 7.39. The number of likely N-dealkylation sites (tertiary alicyclic amines) is 1. The lowest BCUT2D eigenvalue weighted by molar-refractivity contribution is 0.174. The molecule has 1 aliphatic heterocycles. The number of hydrogen-bond acceptors (Lipinski definition) is 4. The molecule has 0 bridgehead atoms. The van der Waals surface area contributed by atoms with Gasteiger partial charge in [-0.05, 0) is 30.3 Å². The Morgan fingerprint density at radius 1 is 1.47 bits per heavy atom. The normalized spacial score (nSPS) is 25.1. The molecular weight excluding hydrogens is 254 g/mol. The van der Waals surface area contributed by atoms with Crippen molar-refractivity contribution < 1.29 is 0 Å². The summed E-state index contributed by atoms with van der Waals surface area (Å²) in [5.74, 6) is 1.38. The molecule has 3 N–H and O–H groups in total. The van der Waals surface area contributed by atoms with Crippen LogP contribution in [0.15, 0.2) is 17.5 Å². The molecule has 0 aliphatic carbocycles. The summed E-state index contributed by atoms with van der Waals surface area (Å²) in [5.41, 5.74) is 5.73. The molecule has 2 heterocycles. The topological polar surface area (TPSA) is 41.3 Å². The fourth-order valence-electron chi connectivity index (χ4n) is 2.84. The molecule has 0 saturated carbocycles. The van der Waals surface area contributed by atoms with E-state index in [1.165, 1.54) is 11.3 Å². The van der Waals surface area contributed by atoms with Crippen LogP contribution in [0.4, 0.5) is 0 Å². The van der Waals surface area contributed by atoms with Crippen molar-refractivity contribution >= 4 is 11.3 Å². The number of hydrogen-bond donors (Lipinski definition) is 2. The van der Waals surface area contributed by atoms with E-state index in [0.717, 1.165) is 32.7 Å². The summed E-state index contributed by atoms with van der Waals surface area (Å²) in [5, 5.41) is 5.91. The quantitative estimate of drug-likeness (QED) is 0.839. The molecule has 0 spiro atoms. The first-order valence-corrected chi connectivity index (χ1v) is 8.26. The smallest absolute Gasteiger partial charge is 0.0201 e. The van der Waals surface area contributed by atoms with E-state index in [1.807, 2.05) is 11.3 Å². The third-order valence-electron chi connectivity index (χ3n) is 3.73. The highest BCUT2D eigenvalue weighted by Crippen LogP contribution is 2.30. The van der Waals surface area contributed by atoms with E-state index >= 15 is 0 Å². The van der Waals surface area contributed by atoms with Gasteiger partial charge in [-0.25, -0.2) is 0 Å². The maximum Gasteiger partial charge on any atom is 0.0201 e. The number of nitrogens with two attached hydrogens (primary N) is 1. The number of nitrogens with zero attached hydrogens (tertiary/aromatic N) is 1. The van der Waals surface area contributed by atoms with E-state index in [4.69, 9.17) is 5.73 Å². The minimum atomic E-state index is 0.606. The first-order valence-electron chi connectivity index (χ1n) is 7.38. The molecule has 19 heavy (non-hydrogen) atoms. The van der Waals surface area contributed by atoms with Crippen molar-refractivity contribution in [3.63, 3.8) is 0 Å². The highest BCUT2D eigenvalue weighted by Gasteiger charge is 2.28. The molecule has 3 nitrogen and oxygen atoms in total. The van der Waals surface area contributed by atoms with E-state index in [0.29, 0.717) is 17.9 Å². The molecule has 1 aliphatic rings. The van der Waals surface area contributed by atoms with E-state index < -0.39 is 0 Å². The fraction of sp³-hybridized carbons (Fsp3) is 0.733. The lowest BCUT2D eigenvalue weighted by atomic mass is 9.92.